The van der Waals surface area contributed by atoms with E-state index in [0.29, 0.717) is 36.4 Å². The Labute approximate surface area is 179 Å². The molecule has 5 rings (SSSR count). The molecule has 2 aromatic carbocycles. The zero-order chi connectivity index (χ0) is 21.6. The summed E-state index contributed by atoms with van der Waals surface area (Å²) in [6.07, 6.45) is 2.33. The molecule has 3 heterocycles. The van der Waals surface area contributed by atoms with Crippen LogP contribution in [-0.2, 0) is 32.8 Å². The molecule has 1 unspecified atom stereocenters. The van der Waals surface area contributed by atoms with Crippen LogP contribution in [0.4, 0.5) is 11.4 Å². The molecule has 2 aromatic rings. The number of ether oxygens (including phenoxy) is 1. The topological polar surface area (TPSA) is 108 Å². The van der Waals surface area contributed by atoms with Crippen molar-refractivity contribution in [1.29, 1.82) is 0 Å². The summed E-state index contributed by atoms with van der Waals surface area (Å²) in [4.78, 5) is 38.9. The molecule has 0 fully saturated rings. The number of aliphatic hydroxyl groups is 1. The van der Waals surface area contributed by atoms with Gasteiger partial charge in [-0.25, -0.2) is 0 Å². The lowest BCUT2D eigenvalue weighted by atomic mass is 9.88. The number of nitrogens with zero attached hydrogens (tertiary/aromatic N) is 1. The van der Waals surface area contributed by atoms with Crippen LogP contribution in [0.5, 0.6) is 5.75 Å². The molecule has 0 bridgehead atoms. The first-order chi connectivity index (χ1) is 14.9. The van der Waals surface area contributed by atoms with Crippen LogP contribution in [0.3, 0.4) is 0 Å². The Bertz CT molecular complexity index is 1100. The van der Waals surface area contributed by atoms with Gasteiger partial charge < -0.3 is 25.4 Å². The molecule has 1 atom stereocenters. The zero-order valence-electron chi connectivity index (χ0n) is 16.9. The third-order valence-corrected chi connectivity index (χ3v) is 6.18. The lowest BCUT2D eigenvalue weighted by molar-refractivity contribution is -0.137. The predicted molar refractivity (Wildman–Crippen MR) is 113 cm³/mol. The molecule has 31 heavy (non-hydrogen) atoms. The van der Waals surface area contributed by atoms with Crippen molar-refractivity contribution < 1.29 is 24.2 Å². The monoisotopic (exact) mass is 421 g/mol. The van der Waals surface area contributed by atoms with E-state index in [-0.39, 0.29) is 12.5 Å². The summed E-state index contributed by atoms with van der Waals surface area (Å²) in [5.41, 5.74) is 2.64. The first-order valence-electron chi connectivity index (χ1n) is 10.4. The van der Waals surface area contributed by atoms with Crippen LogP contribution in [0.15, 0.2) is 36.4 Å². The van der Waals surface area contributed by atoms with E-state index in [0.717, 1.165) is 36.2 Å². The minimum atomic E-state index is -1.30. The SMILES string of the molecule is O=C(NCC1(O)CCOc2ccccc21)C(=O)Nc1cc2c3c(c1)CC(=O)N3CCC2. The molecule has 3 aliphatic rings. The highest BCUT2D eigenvalue weighted by Gasteiger charge is 2.36. The van der Waals surface area contributed by atoms with Gasteiger partial charge in [0.05, 0.1) is 25.3 Å². The molecular formula is C23H23N3O5. The maximum Gasteiger partial charge on any atom is 0.313 e. The van der Waals surface area contributed by atoms with Crippen molar-refractivity contribution in [2.75, 3.05) is 29.9 Å². The fourth-order valence-corrected chi connectivity index (χ4v) is 4.67. The maximum absolute atomic E-state index is 12.5. The van der Waals surface area contributed by atoms with Crippen LogP contribution in [0, 0.1) is 0 Å². The summed E-state index contributed by atoms with van der Waals surface area (Å²) in [6.45, 7) is 0.950. The largest absolute Gasteiger partial charge is 0.493 e. The zero-order valence-corrected chi connectivity index (χ0v) is 16.9. The van der Waals surface area contributed by atoms with Gasteiger partial charge in [0.25, 0.3) is 0 Å². The third kappa shape index (κ3) is 3.42. The quantitative estimate of drug-likeness (QED) is 0.647. The predicted octanol–water partition coefficient (Wildman–Crippen LogP) is 1.25. The number of rotatable bonds is 3. The standard InChI is InChI=1S/C23H23N3O5/c27-19-12-15-11-16(10-14-4-3-8-26(19)20(14)15)25-22(29)21(28)24-13-23(30)7-9-31-18-6-2-1-5-17(18)23/h1-2,5-6,10-11,30H,3-4,7-9,12-13H2,(H,24,28)(H,25,29). The Hall–Kier alpha value is -3.39. The first kappa shape index (κ1) is 19.6. The molecule has 3 aliphatic heterocycles. The van der Waals surface area contributed by atoms with Gasteiger partial charge in [-0.1, -0.05) is 18.2 Å². The Kier molecular flexibility index (Phi) is 4.66. The Morgan fingerprint density at radius 2 is 1.97 bits per heavy atom. The normalized spacial score (nSPS) is 21.1. The lowest BCUT2D eigenvalue weighted by Crippen LogP contribution is -2.46. The van der Waals surface area contributed by atoms with Gasteiger partial charge in [-0.05, 0) is 42.2 Å². The van der Waals surface area contributed by atoms with Crippen molar-refractivity contribution in [3.8, 4) is 5.75 Å². The molecule has 3 N–H and O–H groups in total. The number of hydrogen-bond donors (Lipinski definition) is 3. The van der Waals surface area contributed by atoms with Gasteiger partial charge in [0.15, 0.2) is 0 Å². The molecule has 0 saturated heterocycles. The highest BCUT2D eigenvalue weighted by atomic mass is 16.5. The van der Waals surface area contributed by atoms with E-state index < -0.39 is 17.4 Å². The number of benzene rings is 2. The minimum Gasteiger partial charge on any atom is -0.493 e. The first-order valence-corrected chi connectivity index (χ1v) is 10.4. The summed E-state index contributed by atoms with van der Waals surface area (Å²) >= 11 is 0. The molecule has 8 heteroatoms. The van der Waals surface area contributed by atoms with E-state index in [1.54, 1.807) is 29.2 Å². The number of fused-ring (bicyclic) bond motifs is 1. The van der Waals surface area contributed by atoms with Crippen molar-refractivity contribution in [1.82, 2.24) is 5.32 Å². The second-order valence-corrected chi connectivity index (χ2v) is 8.23. The molecule has 0 aliphatic carbocycles. The highest BCUT2D eigenvalue weighted by Crippen LogP contribution is 2.39. The van der Waals surface area contributed by atoms with E-state index in [9.17, 15) is 19.5 Å². The summed E-state index contributed by atoms with van der Waals surface area (Å²) in [7, 11) is 0. The van der Waals surface area contributed by atoms with Crippen LogP contribution in [0.1, 0.15) is 29.5 Å². The maximum atomic E-state index is 12.5. The van der Waals surface area contributed by atoms with Crippen LogP contribution >= 0.6 is 0 Å². The average Bonchev–Trinajstić information content (AvgIpc) is 3.09. The number of anilines is 2. The van der Waals surface area contributed by atoms with Crippen molar-refractivity contribution in [3.63, 3.8) is 0 Å². The molecule has 3 amide bonds. The summed E-state index contributed by atoms with van der Waals surface area (Å²) in [6, 6.07) is 10.7. The number of nitrogens with one attached hydrogen (secondary N) is 2. The number of carbonyl (C=O) groups is 3. The van der Waals surface area contributed by atoms with Gasteiger partial charge in [-0.15, -0.1) is 0 Å². The van der Waals surface area contributed by atoms with Crippen molar-refractivity contribution >= 4 is 29.1 Å². The van der Waals surface area contributed by atoms with E-state index in [1.807, 2.05) is 12.1 Å². The second kappa shape index (κ2) is 7.39. The molecule has 0 saturated carbocycles. The second-order valence-electron chi connectivity index (χ2n) is 8.23. The highest BCUT2D eigenvalue weighted by molar-refractivity contribution is 6.39. The van der Waals surface area contributed by atoms with Gasteiger partial charge in [-0.2, -0.15) is 0 Å². The van der Waals surface area contributed by atoms with Crippen molar-refractivity contribution in [2.24, 2.45) is 0 Å². The van der Waals surface area contributed by atoms with Gasteiger partial charge in [0, 0.05) is 24.2 Å². The van der Waals surface area contributed by atoms with Gasteiger partial charge in [-0.3, -0.25) is 14.4 Å². The van der Waals surface area contributed by atoms with E-state index in [2.05, 4.69) is 10.6 Å². The molecule has 8 nitrogen and oxygen atoms in total. The fraction of sp³-hybridized carbons (Fsp3) is 0.348. The van der Waals surface area contributed by atoms with E-state index in [4.69, 9.17) is 4.74 Å². The van der Waals surface area contributed by atoms with E-state index in [1.165, 1.54) is 0 Å². The van der Waals surface area contributed by atoms with Crippen LogP contribution in [0.2, 0.25) is 0 Å². The Balaban J connectivity index is 1.27. The number of para-hydroxylation sites is 1. The molecule has 0 spiro atoms. The smallest absolute Gasteiger partial charge is 0.313 e. The average molecular weight is 421 g/mol. The summed E-state index contributed by atoms with van der Waals surface area (Å²) in [5, 5.41) is 16.2. The van der Waals surface area contributed by atoms with Crippen LogP contribution < -0.4 is 20.3 Å². The van der Waals surface area contributed by atoms with Crippen molar-refractivity contribution in [2.45, 2.75) is 31.3 Å². The lowest BCUT2D eigenvalue weighted by Gasteiger charge is -2.34. The van der Waals surface area contributed by atoms with Crippen LogP contribution in [0.25, 0.3) is 0 Å². The number of aryl methyl sites for hydroxylation is 1. The van der Waals surface area contributed by atoms with Gasteiger partial charge >= 0.3 is 11.8 Å². The summed E-state index contributed by atoms with van der Waals surface area (Å²) in [5.74, 6) is -0.995. The van der Waals surface area contributed by atoms with Crippen LogP contribution in [-0.4, -0.2) is 42.5 Å². The Morgan fingerprint density at radius 3 is 2.84 bits per heavy atom. The molecule has 160 valence electrons. The number of carbonyl (C=O) groups excluding carboxylic acids is 3. The fourth-order valence-electron chi connectivity index (χ4n) is 4.67. The minimum absolute atomic E-state index is 0.0714. The molecule has 0 radical (unpaired) electrons. The van der Waals surface area contributed by atoms with E-state index >= 15 is 0 Å². The number of hydrogen-bond acceptors (Lipinski definition) is 5. The molecule has 0 aromatic heterocycles. The Morgan fingerprint density at radius 1 is 1.16 bits per heavy atom. The molecular weight excluding hydrogens is 398 g/mol. The van der Waals surface area contributed by atoms with Gasteiger partial charge in [0.1, 0.15) is 11.4 Å². The number of amides is 3. The van der Waals surface area contributed by atoms with Crippen molar-refractivity contribution in [3.05, 3.63) is 53.1 Å². The summed E-state index contributed by atoms with van der Waals surface area (Å²) < 4.78 is 5.55. The van der Waals surface area contributed by atoms with Gasteiger partial charge in [0.2, 0.25) is 5.91 Å². The third-order valence-electron chi connectivity index (χ3n) is 6.18.